The summed E-state index contributed by atoms with van der Waals surface area (Å²) in [5.74, 6) is 0.529. The minimum absolute atomic E-state index is 0.220. The summed E-state index contributed by atoms with van der Waals surface area (Å²) in [5.41, 5.74) is 2.61. The number of rotatable bonds is 6. The number of hydrogen-bond donors (Lipinski definition) is 1. The number of benzene rings is 3. The monoisotopic (exact) mass is 363 g/mol. The Morgan fingerprint density at radius 1 is 0.923 bits per heavy atom. The maximum atomic E-state index is 12.0. The van der Waals surface area contributed by atoms with Crippen LogP contribution >= 0.6 is 11.6 Å². The van der Waals surface area contributed by atoms with Crippen LogP contribution in [-0.2, 0) is 11.4 Å². The largest absolute Gasteiger partial charge is 0.489 e. The third-order valence-electron chi connectivity index (χ3n) is 3.69. The number of anilines is 1. The summed E-state index contributed by atoms with van der Waals surface area (Å²) in [4.78, 5) is 12.0. The van der Waals surface area contributed by atoms with Crippen LogP contribution in [0.4, 0.5) is 5.69 Å². The summed E-state index contributed by atoms with van der Waals surface area (Å²) < 4.78 is 5.73. The molecule has 0 aromatic heterocycles. The average molecular weight is 364 g/mol. The molecule has 0 fully saturated rings. The Morgan fingerprint density at radius 2 is 1.62 bits per heavy atom. The number of carbonyl (C=O) groups excluding carboxylic acids is 1. The third-order valence-corrected chi connectivity index (χ3v) is 4.03. The van der Waals surface area contributed by atoms with Crippen molar-refractivity contribution in [1.29, 1.82) is 0 Å². The number of carbonyl (C=O) groups is 1. The van der Waals surface area contributed by atoms with E-state index in [2.05, 4.69) is 5.32 Å². The molecule has 0 unspecified atom stereocenters. The first kappa shape index (κ1) is 17.8. The molecule has 0 saturated carbocycles. The Balaban J connectivity index is 1.53. The highest BCUT2D eigenvalue weighted by atomic mass is 35.5. The molecule has 0 aliphatic heterocycles. The summed E-state index contributed by atoms with van der Waals surface area (Å²) in [7, 11) is 0. The SMILES string of the molecule is O=C(C=Cc1ccccc1Cl)Nc1ccc(OCc2ccccc2)cc1. The van der Waals surface area contributed by atoms with E-state index in [1.807, 2.05) is 72.8 Å². The van der Waals surface area contributed by atoms with Gasteiger partial charge in [0.05, 0.1) is 0 Å². The quantitative estimate of drug-likeness (QED) is 0.581. The Kier molecular flexibility index (Phi) is 6.07. The molecule has 0 atom stereocenters. The minimum Gasteiger partial charge on any atom is -0.489 e. The first-order valence-corrected chi connectivity index (χ1v) is 8.59. The van der Waals surface area contributed by atoms with Crippen LogP contribution < -0.4 is 10.1 Å². The van der Waals surface area contributed by atoms with Gasteiger partial charge in [0, 0.05) is 16.8 Å². The number of ether oxygens (including phenoxy) is 1. The van der Waals surface area contributed by atoms with Crippen LogP contribution in [0.3, 0.4) is 0 Å². The van der Waals surface area contributed by atoms with Gasteiger partial charge >= 0.3 is 0 Å². The van der Waals surface area contributed by atoms with Gasteiger partial charge in [-0.15, -0.1) is 0 Å². The third kappa shape index (κ3) is 5.23. The highest BCUT2D eigenvalue weighted by Crippen LogP contribution is 2.18. The van der Waals surface area contributed by atoms with Gasteiger partial charge in [0.1, 0.15) is 12.4 Å². The summed E-state index contributed by atoms with van der Waals surface area (Å²) in [6.07, 6.45) is 3.15. The molecule has 0 aliphatic rings. The van der Waals surface area contributed by atoms with Crippen molar-refractivity contribution in [3.8, 4) is 5.75 Å². The number of hydrogen-bond acceptors (Lipinski definition) is 2. The van der Waals surface area contributed by atoms with Gasteiger partial charge in [-0.2, -0.15) is 0 Å². The zero-order valence-corrected chi connectivity index (χ0v) is 14.8. The van der Waals surface area contributed by atoms with Crippen molar-refractivity contribution in [2.45, 2.75) is 6.61 Å². The molecule has 3 rings (SSSR count). The van der Waals surface area contributed by atoms with E-state index in [-0.39, 0.29) is 5.91 Å². The van der Waals surface area contributed by atoms with Crippen molar-refractivity contribution in [2.24, 2.45) is 0 Å². The molecule has 4 heteroatoms. The van der Waals surface area contributed by atoms with Gasteiger partial charge in [-0.1, -0.05) is 60.1 Å². The second kappa shape index (κ2) is 8.88. The molecule has 1 amide bonds. The lowest BCUT2D eigenvalue weighted by Gasteiger charge is -2.07. The van der Waals surface area contributed by atoms with Gasteiger partial charge in [-0.25, -0.2) is 0 Å². The molecule has 0 bridgehead atoms. The predicted octanol–water partition coefficient (Wildman–Crippen LogP) is 5.57. The number of amides is 1. The van der Waals surface area contributed by atoms with Crippen LogP contribution in [0, 0.1) is 0 Å². The van der Waals surface area contributed by atoms with Crippen LogP contribution in [0.1, 0.15) is 11.1 Å². The molecule has 130 valence electrons. The van der Waals surface area contributed by atoms with Crippen LogP contribution in [0.25, 0.3) is 6.08 Å². The molecule has 3 aromatic carbocycles. The van der Waals surface area contributed by atoms with Crippen molar-refractivity contribution < 1.29 is 9.53 Å². The maximum absolute atomic E-state index is 12.0. The van der Waals surface area contributed by atoms with Crippen LogP contribution in [0.15, 0.2) is 84.9 Å². The van der Waals surface area contributed by atoms with Crippen molar-refractivity contribution in [1.82, 2.24) is 0 Å². The second-order valence-electron chi connectivity index (χ2n) is 5.64. The molecule has 3 nitrogen and oxygen atoms in total. The van der Waals surface area contributed by atoms with Crippen LogP contribution in [0.2, 0.25) is 5.02 Å². The smallest absolute Gasteiger partial charge is 0.248 e. The molecule has 0 heterocycles. The number of halogens is 1. The fourth-order valence-electron chi connectivity index (χ4n) is 2.34. The van der Waals surface area contributed by atoms with Crippen molar-refractivity contribution >= 4 is 29.3 Å². The average Bonchev–Trinajstić information content (AvgIpc) is 2.68. The Bertz CT molecular complexity index is 890. The zero-order valence-electron chi connectivity index (χ0n) is 14.1. The molecule has 0 radical (unpaired) electrons. The molecule has 26 heavy (non-hydrogen) atoms. The highest BCUT2D eigenvalue weighted by Gasteiger charge is 2.01. The van der Waals surface area contributed by atoms with E-state index in [1.54, 1.807) is 12.1 Å². The first-order chi connectivity index (χ1) is 12.7. The standard InChI is InChI=1S/C22H18ClNO2/c23-21-9-5-4-8-18(21)10-15-22(25)24-19-11-13-20(14-12-19)26-16-17-6-2-1-3-7-17/h1-15H,16H2,(H,24,25). The van der Waals surface area contributed by atoms with Gasteiger partial charge in [0.2, 0.25) is 5.91 Å². The topological polar surface area (TPSA) is 38.3 Å². The normalized spacial score (nSPS) is 10.7. The first-order valence-electron chi connectivity index (χ1n) is 8.21. The molecule has 3 aromatic rings. The van der Waals surface area contributed by atoms with Crippen molar-refractivity contribution in [3.63, 3.8) is 0 Å². The Morgan fingerprint density at radius 3 is 2.35 bits per heavy atom. The summed E-state index contributed by atoms with van der Waals surface area (Å²) in [5, 5.41) is 3.42. The molecule has 0 spiro atoms. The van der Waals surface area contributed by atoms with Crippen LogP contribution in [0.5, 0.6) is 5.75 Å². The van der Waals surface area contributed by atoms with Gasteiger partial charge in [-0.3, -0.25) is 4.79 Å². The van der Waals surface area contributed by atoms with E-state index < -0.39 is 0 Å². The highest BCUT2D eigenvalue weighted by molar-refractivity contribution is 6.32. The fraction of sp³-hybridized carbons (Fsp3) is 0.0455. The van der Waals surface area contributed by atoms with Gasteiger partial charge < -0.3 is 10.1 Å². The molecule has 1 N–H and O–H groups in total. The van der Waals surface area contributed by atoms with E-state index in [1.165, 1.54) is 6.08 Å². The van der Waals surface area contributed by atoms with Crippen molar-refractivity contribution in [2.75, 3.05) is 5.32 Å². The van der Waals surface area contributed by atoms with Gasteiger partial charge in [0.25, 0.3) is 0 Å². The minimum atomic E-state index is -0.220. The predicted molar refractivity (Wildman–Crippen MR) is 106 cm³/mol. The summed E-state index contributed by atoms with van der Waals surface area (Å²) >= 11 is 6.06. The molecule has 0 aliphatic carbocycles. The lowest BCUT2D eigenvalue weighted by Crippen LogP contribution is -2.07. The molecular formula is C22H18ClNO2. The van der Waals surface area contributed by atoms with Crippen LogP contribution in [-0.4, -0.2) is 5.91 Å². The summed E-state index contributed by atoms with van der Waals surface area (Å²) in [6, 6.07) is 24.6. The van der Waals surface area contributed by atoms with Gasteiger partial charge in [0.15, 0.2) is 0 Å². The lowest BCUT2D eigenvalue weighted by atomic mass is 10.2. The zero-order chi connectivity index (χ0) is 18.2. The van der Waals surface area contributed by atoms with Gasteiger partial charge in [-0.05, 0) is 47.5 Å². The van der Waals surface area contributed by atoms with E-state index in [4.69, 9.17) is 16.3 Å². The summed E-state index contributed by atoms with van der Waals surface area (Å²) in [6.45, 7) is 0.507. The van der Waals surface area contributed by atoms with E-state index in [9.17, 15) is 4.79 Å². The van der Waals surface area contributed by atoms with Crippen molar-refractivity contribution in [3.05, 3.63) is 101 Å². The van der Waals surface area contributed by atoms with E-state index >= 15 is 0 Å². The Labute approximate surface area is 157 Å². The Hall–Kier alpha value is -3.04. The maximum Gasteiger partial charge on any atom is 0.248 e. The molecular weight excluding hydrogens is 346 g/mol. The molecule has 0 saturated heterocycles. The number of nitrogens with one attached hydrogen (secondary N) is 1. The lowest BCUT2D eigenvalue weighted by molar-refractivity contribution is -0.111. The van der Waals surface area contributed by atoms with E-state index in [0.29, 0.717) is 17.3 Å². The van der Waals surface area contributed by atoms with E-state index in [0.717, 1.165) is 16.9 Å². The second-order valence-corrected chi connectivity index (χ2v) is 6.05. The fourth-order valence-corrected chi connectivity index (χ4v) is 2.53.